The number of esters is 1. The van der Waals surface area contributed by atoms with E-state index < -0.39 is 12.0 Å². The van der Waals surface area contributed by atoms with E-state index in [1.54, 1.807) is 13.3 Å². The van der Waals surface area contributed by atoms with Gasteiger partial charge in [-0.05, 0) is 41.7 Å². The summed E-state index contributed by atoms with van der Waals surface area (Å²) in [5.41, 5.74) is 3.70. The Morgan fingerprint density at radius 1 is 1.17 bits per heavy atom. The fourth-order valence-corrected chi connectivity index (χ4v) is 5.08. The van der Waals surface area contributed by atoms with Crippen LogP contribution in [0.25, 0.3) is 0 Å². The standard InChI is InChI=1S/C26H28N4O4S/c1-4-21-23(25(32)34-3)24(17-8-7-10-20(14-17)33-2)30-19(16-35-26(30)29-21)15-22(31)28-13-11-18-9-5-6-12-27-18/h5-10,12,14,16,24H,4,11,13,15H2,1-3H3,(H,28,31)/t24-/m1/s1. The fraction of sp³-hybridized carbons (Fsp3) is 0.308. The summed E-state index contributed by atoms with van der Waals surface area (Å²) in [6, 6.07) is 12.8. The third-order valence-corrected chi connectivity index (χ3v) is 6.70. The van der Waals surface area contributed by atoms with E-state index in [4.69, 9.17) is 14.5 Å². The van der Waals surface area contributed by atoms with Crippen molar-refractivity contribution in [3.8, 4) is 5.75 Å². The Labute approximate surface area is 209 Å². The van der Waals surface area contributed by atoms with Crippen LogP contribution in [0.3, 0.4) is 0 Å². The van der Waals surface area contributed by atoms with E-state index in [9.17, 15) is 9.59 Å². The summed E-state index contributed by atoms with van der Waals surface area (Å²) in [4.78, 5) is 36.8. The van der Waals surface area contributed by atoms with Gasteiger partial charge in [-0.2, -0.15) is 0 Å². The van der Waals surface area contributed by atoms with E-state index in [0.29, 0.717) is 36.4 Å². The van der Waals surface area contributed by atoms with Crippen LogP contribution in [0.15, 0.2) is 76.0 Å². The molecule has 0 bridgehead atoms. The Kier molecular flexibility index (Phi) is 7.87. The average molecular weight is 493 g/mol. The number of hydrogen-bond acceptors (Lipinski definition) is 8. The van der Waals surface area contributed by atoms with Gasteiger partial charge in [-0.25, -0.2) is 9.79 Å². The van der Waals surface area contributed by atoms with E-state index >= 15 is 0 Å². The smallest absolute Gasteiger partial charge is 0.338 e. The summed E-state index contributed by atoms with van der Waals surface area (Å²) >= 11 is 1.45. The molecule has 1 atom stereocenters. The molecule has 1 aromatic carbocycles. The predicted octanol–water partition coefficient (Wildman–Crippen LogP) is 3.98. The number of methoxy groups -OCH3 is 2. The number of carbonyl (C=O) groups is 2. The summed E-state index contributed by atoms with van der Waals surface area (Å²) in [6.45, 7) is 2.45. The summed E-state index contributed by atoms with van der Waals surface area (Å²) in [7, 11) is 2.97. The Balaban J connectivity index is 1.59. The van der Waals surface area contributed by atoms with Gasteiger partial charge in [0, 0.05) is 30.6 Å². The number of nitrogens with one attached hydrogen (secondary N) is 1. The van der Waals surface area contributed by atoms with E-state index in [1.807, 2.05) is 59.7 Å². The molecule has 0 spiro atoms. The molecule has 0 saturated carbocycles. The molecule has 1 N–H and O–H groups in total. The zero-order valence-corrected chi connectivity index (χ0v) is 20.8. The Bertz CT molecular complexity index is 1190. The molecule has 182 valence electrons. The molecule has 0 aliphatic carbocycles. The second-order valence-corrected chi connectivity index (χ2v) is 8.81. The third-order valence-electron chi connectivity index (χ3n) is 5.81. The number of carbonyl (C=O) groups excluding carboxylic acids is 2. The fourth-order valence-electron chi connectivity index (χ4n) is 4.14. The van der Waals surface area contributed by atoms with Crippen molar-refractivity contribution < 1.29 is 19.1 Å². The minimum Gasteiger partial charge on any atom is -0.497 e. The van der Waals surface area contributed by atoms with Crippen molar-refractivity contribution in [2.75, 3.05) is 20.8 Å². The lowest BCUT2D eigenvalue weighted by atomic mass is 9.92. The maximum Gasteiger partial charge on any atom is 0.338 e. The van der Waals surface area contributed by atoms with Crippen molar-refractivity contribution in [1.82, 2.24) is 15.2 Å². The summed E-state index contributed by atoms with van der Waals surface area (Å²) in [5.74, 6) is 0.135. The van der Waals surface area contributed by atoms with Crippen LogP contribution in [-0.4, -0.2) is 47.7 Å². The van der Waals surface area contributed by atoms with Gasteiger partial charge in [0.2, 0.25) is 5.91 Å². The number of aliphatic imine (C=N–C) groups is 1. The van der Waals surface area contributed by atoms with Crippen LogP contribution in [0.2, 0.25) is 0 Å². The molecular formula is C26H28N4O4S. The van der Waals surface area contributed by atoms with E-state index in [2.05, 4.69) is 10.3 Å². The van der Waals surface area contributed by atoms with Crippen molar-refractivity contribution in [3.05, 3.63) is 82.3 Å². The van der Waals surface area contributed by atoms with Gasteiger partial charge in [-0.1, -0.05) is 36.9 Å². The Hall–Kier alpha value is -3.59. The molecule has 2 aliphatic rings. The Morgan fingerprint density at radius 3 is 2.74 bits per heavy atom. The number of amides is 1. The summed E-state index contributed by atoms with van der Waals surface area (Å²) in [5, 5.41) is 5.64. The van der Waals surface area contributed by atoms with Crippen LogP contribution in [0.4, 0.5) is 0 Å². The van der Waals surface area contributed by atoms with Gasteiger partial charge in [0.1, 0.15) is 5.75 Å². The number of hydrogen-bond donors (Lipinski definition) is 1. The van der Waals surface area contributed by atoms with Crippen molar-refractivity contribution in [2.45, 2.75) is 32.2 Å². The lowest BCUT2D eigenvalue weighted by Gasteiger charge is -2.36. The number of fused-ring (bicyclic) bond motifs is 1. The topological polar surface area (TPSA) is 93.1 Å². The van der Waals surface area contributed by atoms with Crippen LogP contribution < -0.4 is 10.1 Å². The quantitative estimate of drug-likeness (QED) is 0.529. The molecular weight excluding hydrogens is 464 g/mol. The molecule has 4 rings (SSSR count). The number of nitrogens with zero attached hydrogens (tertiary/aromatic N) is 3. The number of thioether (sulfide) groups is 1. The second-order valence-electron chi connectivity index (χ2n) is 7.97. The molecule has 0 unspecified atom stereocenters. The molecule has 2 aliphatic heterocycles. The van der Waals surface area contributed by atoms with Gasteiger partial charge in [-0.3, -0.25) is 9.78 Å². The molecule has 0 saturated heterocycles. The maximum atomic E-state index is 12.9. The molecule has 0 radical (unpaired) electrons. The largest absolute Gasteiger partial charge is 0.497 e. The molecule has 9 heteroatoms. The minimum atomic E-state index is -0.484. The number of benzene rings is 1. The average Bonchev–Trinajstić information content (AvgIpc) is 3.29. The number of allylic oxidation sites excluding steroid dienone is 1. The molecule has 1 amide bonds. The van der Waals surface area contributed by atoms with Gasteiger partial charge >= 0.3 is 5.97 Å². The van der Waals surface area contributed by atoms with Crippen molar-refractivity contribution in [3.63, 3.8) is 0 Å². The first-order valence-corrected chi connectivity index (χ1v) is 12.3. The lowest BCUT2D eigenvalue weighted by molar-refractivity contribution is -0.136. The van der Waals surface area contributed by atoms with E-state index in [1.165, 1.54) is 18.9 Å². The highest BCUT2D eigenvalue weighted by Gasteiger charge is 2.41. The molecule has 8 nitrogen and oxygen atoms in total. The number of pyridine rings is 1. The zero-order valence-electron chi connectivity index (χ0n) is 20.0. The minimum absolute atomic E-state index is 0.108. The first-order chi connectivity index (χ1) is 17.0. The van der Waals surface area contributed by atoms with Crippen LogP contribution in [-0.2, 0) is 20.7 Å². The Morgan fingerprint density at radius 2 is 2.03 bits per heavy atom. The number of aromatic nitrogens is 1. The first kappa shape index (κ1) is 24.5. The van der Waals surface area contributed by atoms with Gasteiger partial charge in [0.25, 0.3) is 0 Å². The second kappa shape index (κ2) is 11.2. The monoisotopic (exact) mass is 492 g/mol. The van der Waals surface area contributed by atoms with Crippen molar-refractivity contribution in [2.24, 2.45) is 4.99 Å². The van der Waals surface area contributed by atoms with Gasteiger partial charge in [-0.15, -0.1) is 0 Å². The molecule has 0 fully saturated rings. The zero-order chi connectivity index (χ0) is 24.8. The third kappa shape index (κ3) is 5.40. The first-order valence-electron chi connectivity index (χ1n) is 11.4. The highest BCUT2D eigenvalue weighted by molar-refractivity contribution is 8.16. The SMILES string of the molecule is CCC1=C(C(=O)OC)[C@@H](c2cccc(OC)c2)N2C(CC(=O)NCCc3ccccn3)=CSC2=N1. The van der Waals surface area contributed by atoms with Crippen molar-refractivity contribution >= 4 is 28.8 Å². The predicted molar refractivity (Wildman–Crippen MR) is 136 cm³/mol. The van der Waals surface area contributed by atoms with Crippen LogP contribution in [0.5, 0.6) is 5.75 Å². The number of ether oxygens (including phenoxy) is 2. The maximum absolute atomic E-state index is 12.9. The highest BCUT2D eigenvalue weighted by Crippen LogP contribution is 2.45. The van der Waals surface area contributed by atoms with Gasteiger partial charge < -0.3 is 19.7 Å². The van der Waals surface area contributed by atoms with Crippen LogP contribution in [0, 0.1) is 0 Å². The van der Waals surface area contributed by atoms with Crippen LogP contribution >= 0.6 is 11.8 Å². The molecule has 2 aromatic rings. The van der Waals surface area contributed by atoms with E-state index in [0.717, 1.165) is 22.1 Å². The van der Waals surface area contributed by atoms with Gasteiger partial charge in [0.15, 0.2) is 5.17 Å². The number of rotatable bonds is 9. The molecule has 1 aromatic heterocycles. The van der Waals surface area contributed by atoms with E-state index in [-0.39, 0.29) is 12.3 Å². The van der Waals surface area contributed by atoms with Gasteiger partial charge in [0.05, 0.1) is 38.0 Å². The normalized spacial score (nSPS) is 16.9. The molecule has 3 heterocycles. The molecule has 35 heavy (non-hydrogen) atoms. The summed E-state index contributed by atoms with van der Waals surface area (Å²) < 4.78 is 10.6. The lowest BCUT2D eigenvalue weighted by Crippen LogP contribution is -2.38. The highest BCUT2D eigenvalue weighted by atomic mass is 32.2. The number of amidine groups is 1. The van der Waals surface area contributed by atoms with Crippen molar-refractivity contribution in [1.29, 1.82) is 0 Å². The summed E-state index contributed by atoms with van der Waals surface area (Å²) in [6.07, 6.45) is 3.12. The van der Waals surface area contributed by atoms with Crippen LogP contribution in [0.1, 0.15) is 37.1 Å².